The van der Waals surface area contributed by atoms with Gasteiger partial charge in [-0.2, -0.15) is 0 Å². The molecule has 1 amide bonds. The Bertz CT molecular complexity index is 1230. The molecule has 4 aliphatic rings. The first-order chi connectivity index (χ1) is 18.1. The Hall–Kier alpha value is -3.43. The van der Waals surface area contributed by atoms with Gasteiger partial charge in [0.2, 0.25) is 12.7 Å². The van der Waals surface area contributed by atoms with Gasteiger partial charge in [-0.15, -0.1) is 5.10 Å². The molecule has 7 rings (SSSR count). The number of carbonyl (C=O) groups is 1. The van der Waals surface area contributed by atoms with Crippen molar-refractivity contribution < 1.29 is 14.3 Å². The Balaban J connectivity index is 0.993. The molecular weight excluding hydrogens is 468 g/mol. The molecule has 1 unspecified atom stereocenters. The number of ether oxygens (including phenoxy) is 2. The van der Waals surface area contributed by atoms with Crippen molar-refractivity contribution in [2.75, 3.05) is 26.9 Å². The minimum atomic E-state index is 0.0388. The zero-order valence-electron chi connectivity index (χ0n) is 21.3. The average Bonchev–Trinajstić information content (AvgIpc) is 3.57. The quantitative estimate of drug-likeness (QED) is 0.482. The first-order valence-corrected chi connectivity index (χ1v) is 13.1. The van der Waals surface area contributed by atoms with Crippen molar-refractivity contribution in [3.8, 4) is 11.5 Å². The summed E-state index contributed by atoms with van der Waals surface area (Å²) < 4.78 is 12.8. The van der Waals surface area contributed by atoms with Crippen molar-refractivity contribution in [2.45, 2.75) is 45.1 Å². The highest BCUT2D eigenvalue weighted by Crippen LogP contribution is 2.37. The standard InChI is InChI=1S/C28H34N6O3/c1-32(14-20-5-3-2-4-6-20)15-23-16-34(31-30-23)17-24-12-22-9-10-33(24)18-25(22)28(35)29-13-21-7-8-26-27(11-21)37-19-36-26/h2-8,11,16,22,24-25H,9-10,12-15,17-19H2,1H3,(H,29,35)/t22-,24+,25-/m0/s1. The SMILES string of the molecule is CN(Cc1ccccc1)Cc1cn(C[C@H]2C[C@@H]3CCN2C[C@@H]3C(=O)NCc2ccc3c(c2)OCO3)nn1. The number of nitrogens with zero attached hydrogens (tertiary/aromatic N) is 5. The van der Waals surface area contributed by atoms with Crippen LogP contribution < -0.4 is 14.8 Å². The number of hydrogen-bond donors (Lipinski definition) is 1. The second-order valence-corrected chi connectivity index (χ2v) is 10.5. The maximum atomic E-state index is 13.1. The minimum Gasteiger partial charge on any atom is -0.454 e. The molecule has 9 nitrogen and oxygen atoms in total. The molecular formula is C28H34N6O3. The number of rotatable bonds is 9. The fourth-order valence-corrected chi connectivity index (χ4v) is 5.94. The van der Waals surface area contributed by atoms with Gasteiger partial charge in [0.25, 0.3) is 0 Å². The number of aromatic nitrogens is 3. The summed E-state index contributed by atoms with van der Waals surface area (Å²) in [6.07, 6.45) is 4.16. The summed E-state index contributed by atoms with van der Waals surface area (Å²) >= 11 is 0. The minimum absolute atomic E-state index is 0.0388. The lowest BCUT2D eigenvalue weighted by Crippen LogP contribution is -2.58. The number of carbonyl (C=O) groups excluding carboxylic acids is 1. The van der Waals surface area contributed by atoms with Crippen LogP contribution in [0.25, 0.3) is 0 Å². The average molecular weight is 503 g/mol. The highest BCUT2D eigenvalue weighted by Gasteiger charge is 2.43. The van der Waals surface area contributed by atoms with E-state index in [9.17, 15) is 4.79 Å². The molecule has 3 fully saturated rings. The van der Waals surface area contributed by atoms with Gasteiger partial charge in [0.1, 0.15) is 0 Å². The van der Waals surface area contributed by atoms with Crippen LogP contribution in [0.1, 0.15) is 29.7 Å². The first-order valence-electron chi connectivity index (χ1n) is 13.1. The van der Waals surface area contributed by atoms with Crippen molar-refractivity contribution in [3.05, 3.63) is 71.5 Å². The Morgan fingerprint density at radius 3 is 2.81 bits per heavy atom. The fraction of sp³-hybridized carbons (Fsp3) is 0.464. The molecule has 3 aromatic rings. The van der Waals surface area contributed by atoms with E-state index in [1.54, 1.807) is 0 Å². The second kappa shape index (κ2) is 10.5. The highest BCUT2D eigenvalue weighted by molar-refractivity contribution is 5.79. The van der Waals surface area contributed by atoms with Crippen LogP contribution in [0.2, 0.25) is 0 Å². The maximum absolute atomic E-state index is 13.1. The smallest absolute Gasteiger partial charge is 0.231 e. The van der Waals surface area contributed by atoms with E-state index in [4.69, 9.17) is 9.47 Å². The van der Waals surface area contributed by atoms with Crippen molar-refractivity contribution in [1.82, 2.24) is 30.1 Å². The lowest BCUT2D eigenvalue weighted by Gasteiger charge is -2.49. The Labute approximate surface area is 217 Å². The summed E-state index contributed by atoms with van der Waals surface area (Å²) in [5, 5.41) is 12.0. The van der Waals surface area contributed by atoms with Crippen LogP contribution in [0.5, 0.6) is 11.5 Å². The van der Waals surface area contributed by atoms with Gasteiger partial charge >= 0.3 is 0 Å². The molecule has 194 valence electrons. The number of hydrogen-bond acceptors (Lipinski definition) is 7. The van der Waals surface area contributed by atoms with Gasteiger partial charge in [-0.3, -0.25) is 19.3 Å². The zero-order chi connectivity index (χ0) is 25.2. The Morgan fingerprint density at radius 1 is 1.11 bits per heavy atom. The molecule has 4 aliphatic heterocycles. The molecule has 2 bridgehead atoms. The summed E-state index contributed by atoms with van der Waals surface area (Å²) in [6, 6.07) is 16.7. The predicted molar refractivity (Wildman–Crippen MR) is 138 cm³/mol. The van der Waals surface area contributed by atoms with Crippen LogP contribution in [-0.4, -0.2) is 63.7 Å². The van der Waals surface area contributed by atoms with E-state index in [2.05, 4.69) is 62.9 Å². The topological polar surface area (TPSA) is 84.8 Å². The summed E-state index contributed by atoms with van der Waals surface area (Å²) in [5.41, 5.74) is 3.29. The van der Waals surface area contributed by atoms with Crippen LogP contribution in [-0.2, 0) is 31.0 Å². The van der Waals surface area contributed by atoms with Crippen LogP contribution in [0.15, 0.2) is 54.7 Å². The summed E-state index contributed by atoms with van der Waals surface area (Å²) in [5.74, 6) is 2.10. The Morgan fingerprint density at radius 2 is 1.97 bits per heavy atom. The van der Waals surface area contributed by atoms with Gasteiger partial charge < -0.3 is 14.8 Å². The number of nitrogens with one attached hydrogen (secondary N) is 1. The van der Waals surface area contributed by atoms with Gasteiger partial charge in [-0.1, -0.05) is 41.6 Å². The van der Waals surface area contributed by atoms with Crippen LogP contribution in [0.3, 0.4) is 0 Å². The second-order valence-electron chi connectivity index (χ2n) is 10.5. The lowest BCUT2D eigenvalue weighted by molar-refractivity contribution is -0.133. The molecule has 0 radical (unpaired) electrons. The fourth-order valence-electron chi connectivity index (χ4n) is 5.94. The third-order valence-corrected chi connectivity index (χ3v) is 7.83. The van der Waals surface area contributed by atoms with Gasteiger partial charge in [0.05, 0.1) is 18.2 Å². The molecule has 1 aromatic heterocycles. The first kappa shape index (κ1) is 23.9. The lowest BCUT2D eigenvalue weighted by atomic mass is 9.75. The third kappa shape index (κ3) is 5.47. The van der Waals surface area contributed by atoms with E-state index < -0.39 is 0 Å². The molecule has 1 N–H and O–H groups in total. The molecule has 0 saturated carbocycles. The van der Waals surface area contributed by atoms with Crippen molar-refractivity contribution in [1.29, 1.82) is 0 Å². The van der Waals surface area contributed by atoms with Gasteiger partial charge in [-0.05, 0) is 55.6 Å². The number of fused-ring (bicyclic) bond motifs is 4. The van der Waals surface area contributed by atoms with E-state index in [0.717, 1.165) is 68.3 Å². The summed E-state index contributed by atoms with van der Waals surface area (Å²) in [7, 11) is 2.11. The molecule has 37 heavy (non-hydrogen) atoms. The zero-order valence-corrected chi connectivity index (χ0v) is 21.3. The summed E-state index contributed by atoms with van der Waals surface area (Å²) in [4.78, 5) is 17.8. The van der Waals surface area contributed by atoms with Crippen LogP contribution >= 0.6 is 0 Å². The molecule has 5 heterocycles. The number of piperidine rings is 3. The number of amides is 1. The van der Waals surface area contributed by atoms with Crippen molar-refractivity contribution >= 4 is 5.91 Å². The van der Waals surface area contributed by atoms with Gasteiger partial charge in [0, 0.05) is 38.4 Å². The van der Waals surface area contributed by atoms with E-state index in [0.29, 0.717) is 18.5 Å². The predicted octanol–water partition coefficient (Wildman–Crippen LogP) is 2.67. The van der Waals surface area contributed by atoms with Crippen LogP contribution in [0.4, 0.5) is 0 Å². The monoisotopic (exact) mass is 502 g/mol. The van der Waals surface area contributed by atoms with Crippen LogP contribution in [0, 0.1) is 11.8 Å². The van der Waals surface area contributed by atoms with Crippen molar-refractivity contribution in [2.24, 2.45) is 11.8 Å². The number of benzene rings is 2. The molecule has 0 aliphatic carbocycles. The van der Waals surface area contributed by atoms with E-state index >= 15 is 0 Å². The highest BCUT2D eigenvalue weighted by atomic mass is 16.7. The molecule has 2 aromatic carbocycles. The van der Waals surface area contributed by atoms with E-state index in [-0.39, 0.29) is 18.6 Å². The summed E-state index contributed by atoms with van der Waals surface area (Å²) in [6.45, 7) is 5.07. The Kier molecular flexibility index (Phi) is 6.80. The normalized spacial score (nSPS) is 23.9. The van der Waals surface area contributed by atoms with E-state index in [1.807, 2.05) is 28.9 Å². The van der Waals surface area contributed by atoms with Gasteiger partial charge in [-0.25, -0.2) is 0 Å². The molecule has 0 spiro atoms. The largest absolute Gasteiger partial charge is 0.454 e. The molecule has 9 heteroatoms. The van der Waals surface area contributed by atoms with Crippen molar-refractivity contribution in [3.63, 3.8) is 0 Å². The molecule has 3 saturated heterocycles. The third-order valence-electron chi connectivity index (χ3n) is 7.83. The van der Waals surface area contributed by atoms with Gasteiger partial charge in [0.15, 0.2) is 11.5 Å². The van der Waals surface area contributed by atoms with E-state index in [1.165, 1.54) is 5.56 Å². The maximum Gasteiger partial charge on any atom is 0.231 e. The molecule has 4 atom stereocenters.